The zero-order valence-electron chi connectivity index (χ0n) is 12.5. The third kappa shape index (κ3) is 4.26. The molecular formula is C17H16O5S. The molecule has 0 spiro atoms. The molecule has 2 aromatic carbocycles. The number of carboxylic acid groups (broad SMARTS) is 1. The summed E-state index contributed by atoms with van der Waals surface area (Å²) in [5.41, 5.74) is 1.48. The van der Waals surface area contributed by atoms with Crippen LogP contribution >= 0.6 is 0 Å². The first-order valence-electron chi connectivity index (χ1n) is 6.85. The van der Waals surface area contributed by atoms with Crippen LogP contribution in [0.1, 0.15) is 26.7 Å². The van der Waals surface area contributed by atoms with E-state index in [0.29, 0.717) is 11.1 Å². The number of carbonyl (C=O) groups excluding carboxylic acids is 1. The Kier molecular flexibility index (Phi) is 5.65. The highest BCUT2D eigenvalue weighted by Crippen LogP contribution is 2.24. The van der Waals surface area contributed by atoms with Crippen LogP contribution < -0.4 is 0 Å². The van der Waals surface area contributed by atoms with Crippen molar-refractivity contribution in [2.45, 2.75) is 11.0 Å². The van der Waals surface area contributed by atoms with Crippen molar-refractivity contribution in [3.8, 4) is 0 Å². The standard InChI is InChI=1S/C17H16O5S/c1-22-17(20)15(13-5-3-2-4-6-13)23(21)11-12-7-9-14(10-8-12)16(18)19/h2-10,15H,11H2,1H3,(H,18,19). The molecule has 0 aliphatic rings. The molecule has 0 bridgehead atoms. The van der Waals surface area contributed by atoms with Gasteiger partial charge < -0.3 is 9.84 Å². The summed E-state index contributed by atoms with van der Waals surface area (Å²) in [6.45, 7) is 0. The van der Waals surface area contributed by atoms with Crippen molar-refractivity contribution in [1.29, 1.82) is 0 Å². The molecule has 0 aromatic heterocycles. The Morgan fingerprint density at radius 2 is 1.70 bits per heavy atom. The summed E-state index contributed by atoms with van der Waals surface area (Å²) in [4.78, 5) is 22.8. The fraction of sp³-hybridized carbons (Fsp3) is 0.176. The molecule has 0 saturated carbocycles. The normalized spacial score (nSPS) is 13.1. The highest BCUT2D eigenvalue weighted by atomic mass is 32.2. The number of benzene rings is 2. The number of rotatable bonds is 6. The average molecular weight is 332 g/mol. The number of ether oxygens (including phenoxy) is 1. The molecule has 0 amide bonds. The van der Waals surface area contributed by atoms with Gasteiger partial charge in [-0.2, -0.15) is 0 Å². The van der Waals surface area contributed by atoms with Crippen molar-refractivity contribution in [1.82, 2.24) is 0 Å². The van der Waals surface area contributed by atoms with Gasteiger partial charge in [0.2, 0.25) is 0 Å². The van der Waals surface area contributed by atoms with Crippen LogP contribution in [0.25, 0.3) is 0 Å². The quantitative estimate of drug-likeness (QED) is 0.822. The maximum Gasteiger partial charge on any atom is 0.335 e. The molecule has 23 heavy (non-hydrogen) atoms. The Labute approximate surface area is 136 Å². The van der Waals surface area contributed by atoms with Crippen LogP contribution in [0.3, 0.4) is 0 Å². The summed E-state index contributed by atoms with van der Waals surface area (Å²) in [5, 5.41) is 8.00. The summed E-state index contributed by atoms with van der Waals surface area (Å²) in [7, 11) is -0.268. The lowest BCUT2D eigenvalue weighted by atomic mass is 10.1. The van der Waals surface area contributed by atoms with Crippen molar-refractivity contribution < 1.29 is 23.6 Å². The first-order chi connectivity index (χ1) is 11.0. The molecule has 0 aliphatic carbocycles. The van der Waals surface area contributed by atoms with Crippen molar-refractivity contribution in [2.75, 3.05) is 7.11 Å². The van der Waals surface area contributed by atoms with Gasteiger partial charge in [0.25, 0.3) is 0 Å². The van der Waals surface area contributed by atoms with Crippen molar-refractivity contribution in [3.63, 3.8) is 0 Å². The van der Waals surface area contributed by atoms with Crippen molar-refractivity contribution in [2.24, 2.45) is 0 Å². The lowest BCUT2D eigenvalue weighted by molar-refractivity contribution is -0.140. The van der Waals surface area contributed by atoms with E-state index in [2.05, 4.69) is 0 Å². The second kappa shape index (κ2) is 7.69. The monoisotopic (exact) mass is 332 g/mol. The highest BCUT2D eigenvalue weighted by molar-refractivity contribution is 7.85. The molecule has 1 N–H and O–H groups in total. The van der Waals surface area contributed by atoms with Gasteiger partial charge >= 0.3 is 11.9 Å². The SMILES string of the molecule is COC(=O)C(c1ccccc1)S(=O)Cc1ccc(C(=O)O)cc1. The zero-order chi connectivity index (χ0) is 16.8. The van der Waals surface area contributed by atoms with E-state index in [-0.39, 0.29) is 11.3 Å². The molecular weight excluding hydrogens is 316 g/mol. The third-order valence-corrected chi connectivity index (χ3v) is 4.90. The number of aromatic carboxylic acids is 1. The fourth-order valence-corrected chi connectivity index (χ4v) is 3.58. The van der Waals surface area contributed by atoms with E-state index >= 15 is 0 Å². The second-order valence-electron chi connectivity index (χ2n) is 4.84. The van der Waals surface area contributed by atoms with E-state index in [1.54, 1.807) is 36.4 Å². The Morgan fingerprint density at radius 1 is 1.09 bits per heavy atom. The average Bonchev–Trinajstić information content (AvgIpc) is 2.56. The number of methoxy groups -OCH3 is 1. The minimum Gasteiger partial charge on any atom is -0.478 e. The minimum atomic E-state index is -1.53. The van der Waals surface area contributed by atoms with Crippen LogP contribution in [0.15, 0.2) is 54.6 Å². The fourth-order valence-electron chi connectivity index (χ4n) is 2.12. The first-order valence-corrected chi connectivity index (χ1v) is 8.23. The zero-order valence-corrected chi connectivity index (χ0v) is 13.3. The molecule has 120 valence electrons. The summed E-state index contributed by atoms with van der Waals surface area (Å²) in [6, 6.07) is 14.9. The first kappa shape index (κ1) is 16.9. The van der Waals surface area contributed by atoms with E-state index in [0.717, 1.165) is 0 Å². The number of carbonyl (C=O) groups is 2. The maximum absolute atomic E-state index is 12.6. The second-order valence-corrected chi connectivity index (χ2v) is 6.36. The smallest absolute Gasteiger partial charge is 0.335 e. The molecule has 2 atom stereocenters. The summed E-state index contributed by atoms with van der Waals surface area (Å²) < 4.78 is 17.4. The van der Waals surface area contributed by atoms with Crippen LogP contribution in [-0.4, -0.2) is 28.4 Å². The maximum atomic E-state index is 12.6. The molecule has 0 aliphatic heterocycles. The number of esters is 1. The molecule has 2 rings (SSSR count). The summed E-state index contributed by atoms with van der Waals surface area (Å²) in [6.07, 6.45) is 0. The lowest BCUT2D eigenvalue weighted by Crippen LogP contribution is -2.20. The van der Waals surface area contributed by atoms with Crippen molar-refractivity contribution >= 4 is 22.7 Å². The van der Waals surface area contributed by atoms with Gasteiger partial charge in [0.1, 0.15) is 0 Å². The molecule has 0 fully saturated rings. The molecule has 0 saturated heterocycles. The van der Waals surface area contributed by atoms with Gasteiger partial charge in [0.15, 0.2) is 5.25 Å². The highest BCUT2D eigenvalue weighted by Gasteiger charge is 2.28. The lowest BCUT2D eigenvalue weighted by Gasteiger charge is -2.15. The molecule has 0 heterocycles. The van der Waals surface area contributed by atoms with Gasteiger partial charge in [-0.15, -0.1) is 0 Å². The molecule has 2 unspecified atom stereocenters. The van der Waals surface area contributed by atoms with Gasteiger partial charge in [-0.3, -0.25) is 9.00 Å². The van der Waals surface area contributed by atoms with Crippen LogP contribution in [0.4, 0.5) is 0 Å². The van der Waals surface area contributed by atoms with Crippen LogP contribution in [-0.2, 0) is 26.1 Å². The molecule has 5 nitrogen and oxygen atoms in total. The molecule has 6 heteroatoms. The van der Waals surface area contributed by atoms with Gasteiger partial charge in [0, 0.05) is 16.6 Å². The summed E-state index contributed by atoms with van der Waals surface area (Å²) in [5.74, 6) is -1.44. The Bertz CT molecular complexity index is 710. The number of hydrogen-bond donors (Lipinski definition) is 1. The number of carboxylic acids is 1. The Hall–Kier alpha value is -2.47. The topological polar surface area (TPSA) is 80.7 Å². The van der Waals surface area contributed by atoms with Crippen LogP contribution in [0, 0.1) is 0 Å². The third-order valence-electron chi connectivity index (χ3n) is 3.29. The van der Waals surface area contributed by atoms with Crippen LogP contribution in [0.5, 0.6) is 0 Å². The Morgan fingerprint density at radius 3 is 2.22 bits per heavy atom. The minimum absolute atomic E-state index is 0.133. The van der Waals surface area contributed by atoms with E-state index in [9.17, 15) is 13.8 Å². The van der Waals surface area contributed by atoms with E-state index < -0.39 is 28.0 Å². The predicted molar refractivity (Wildman–Crippen MR) is 86.4 cm³/mol. The van der Waals surface area contributed by atoms with Crippen molar-refractivity contribution in [3.05, 3.63) is 71.3 Å². The van der Waals surface area contributed by atoms with Crippen LogP contribution in [0.2, 0.25) is 0 Å². The summed E-state index contributed by atoms with van der Waals surface area (Å²) >= 11 is 0. The molecule has 2 aromatic rings. The Balaban J connectivity index is 2.21. The molecule has 0 radical (unpaired) electrons. The predicted octanol–water partition coefficient (Wildman–Crippen LogP) is 2.55. The van der Waals surface area contributed by atoms with Gasteiger partial charge in [-0.25, -0.2) is 4.79 Å². The van der Waals surface area contributed by atoms with E-state index in [1.807, 2.05) is 6.07 Å². The largest absolute Gasteiger partial charge is 0.478 e. The van der Waals surface area contributed by atoms with Gasteiger partial charge in [0.05, 0.1) is 12.7 Å². The van der Waals surface area contributed by atoms with E-state index in [4.69, 9.17) is 9.84 Å². The number of hydrogen-bond acceptors (Lipinski definition) is 4. The van der Waals surface area contributed by atoms with E-state index in [1.165, 1.54) is 19.2 Å². The van der Waals surface area contributed by atoms with Gasteiger partial charge in [-0.05, 0) is 23.3 Å². The van der Waals surface area contributed by atoms with Gasteiger partial charge in [-0.1, -0.05) is 42.5 Å².